The molecule has 1 aromatic heterocycles. The lowest BCUT2D eigenvalue weighted by molar-refractivity contribution is 0.0949. The molecule has 1 aliphatic rings. The molecule has 3 rings (SSSR count). The first-order chi connectivity index (χ1) is 10.1. The minimum Gasteiger partial charge on any atom is -0.467 e. The van der Waals surface area contributed by atoms with Crippen molar-refractivity contribution in [2.45, 2.75) is 24.8 Å². The molecule has 0 radical (unpaired) electrons. The lowest BCUT2D eigenvalue weighted by Gasteiger charge is -2.16. The Morgan fingerprint density at radius 2 is 2.05 bits per heavy atom. The van der Waals surface area contributed by atoms with Gasteiger partial charge in [-0.1, -0.05) is 23.7 Å². The van der Waals surface area contributed by atoms with Crippen LogP contribution in [0.2, 0.25) is 5.02 Å². The van der Waals surface area contributed by atoms with Crippen LogP contribution < -0.4 is 11.1 Å². The first-order valence-electron chi connectivity index (χ1n) is 6.95. The highest BCUT2D eigenvalue weighted by Gasteiger charge is 2.44. The van der Waals surface area contributed by atoms with E-state index in [1.54, 1.807) is 6.07 Å². The maximum atomic E-state index is 12.1. The van der Waals surface area contributed by atoms with Gasteiger partial charge in [0.25, 0.3) is 5.91 Å². The lowest BCUT2D eigenvalue weighted by atomic mass is 9.96. The molecule has 5 heteroatoms. The fourth-order valence-electron chi connectivity index (χ4n) is 2.48. The van der Waals surface area contributed by atoms with Gasteiger partial charge in [-0.05, 0) is 36.6 Å². The first kappa shape index (κ1) is 14.2. The quantitative estimate of drug-likeness (QED) is 0.892. The molecule has 1 aliphatic carbocycles. The summed E-state index contributed by atoms with van der Waals surface area (Å²) in [7, 11) is 0. The van der Waals surface area contributed by atoms with Crippen molar-refractivity contribution in [2.24, 2.45) is 5.73 Å². The number of benzene rings is 1. The summed E-state index contributed by atoms with van der Waals surface area (Å²) >= 11 is 5.92. The molecule has 1 aromatic carbocycles. The van der Waals surface area contributed by atoms with E-state index < -0.39 is 0 Å². The van der Waals surface area contributed by atoms with E-state index in [2.05, 4.69) is 5.32 Å². The van der Waals surface area contributed by atoms with Crippen LogP contribution in [-0.4, -0.2) is 12.5 Å². The third-order valence-electron chi connectivity index (χ3n) is 4.01. The Bertz CT molecular complexity index is 645. The van der Waals surface area contributed by atoms with Gasteiger partial charge in [0, 0.05) is 17.0 Å². The van der Waals surface area contributed by atoms with Crippen LogP contribution in [-0.2, 0) is 12.0 Å². The Hall–Kier alpha value is -1.78. The molecule has 0 saturated heterocycles. The molecule has 21 heavy (non-hydrogen) atoms. The molecule has 0 aliphatic heterocycles. The van der Waals surface area contributed by atoms with Crippen LogP contribution in [0, 0.1) is 0 Å². The summed E-state index contributed by atoms with van der Waals surface area (Å²) in [5.41, 5.74) is 7.26. The Morgan fingerprint density at radius 3 is 2.62 bits per heavy atom. The summed E-state index contributed by atoms with van der Waals surface area (Å²) in [6, 6.07) is 9.53. The summed E-state index contributed by atoms with van der Waals surface area (Å²) in [6.45, 7) is 0.915. The lowest BCUT2D eigenvalue weighted by Crippen LogP contribution is -2.32. The van der Waals surface area contributed by atoms with Crippen LogP contribution >= 0.6 is 11.6 Å². The molecule has 1 saturated carbocycles. The number of carbonyl (C=O) groups is 1. The standard InChI is InChI=1S/C16H17ClN2O2/c17-13-3-1-12(2-4-13)16(5-6-16)10-19-15(20)11-7-14(8-18)21-9-11/h1-4,7,9H,5-6,8,10,18H2,(H,19,20). The Balaban J connectivity index is 1.64. The second-order valence-corrected chi connectivity index (χ2v) is 5.91. The third kappa shape index (κ3) is 2.96. The van der Waals surface area contributed by atoms with Crippen molar-refractivity contribution >= 4 is 17.5 Å². The van der Waals surface area contributed by atoms with Crippen LogP contribution in [0.4, 0.5) is 0 Å². The molecule has 2 aromatic rings. The van der Waals surface area contributed by atoms with Gasteiger partial charge in [-0.2, -0.15) is 0 Å². The van der Waals surface area contributed by atoms with E-state index in [-0.39, 0.29) is 11.3 Å². The number of carbonyl (C=O) groups excluding carboxylic acids is 1. The van der Waals surface area contributed by atoms with Gasteiger partial charge in [0.15, 0.2) is 0 Å². The van der Waals surface area contributed by atoms with E-state index in [0.29, 0.717) is 24.4 Å². The molecule has 1 heterocycles. The summed E-state index contributed by atoms with van der Waals surface area (Å²) in [5, 5.41) is 3.71. The van der Waals surface area contributed by atoms with Crippen molar-refractivity contribution in [1.82, 2.24) is 5.32 Å². The van der Waals surface area contributed by atoms with Crippen molar-refractivity contribution in [3.63, 3.8) is 0 Å². The van der Waals surface area contributed by atoms with Gasteiger partial charge in [-0.3, -0.25) is 4.79 Å². The van der Waals surface area contributed by atoms with E-state index in [0.717, 1.165) is 17.9 Å². The normalized spacial score (nSPS) is 15.7. The molecular weight excluding hydrogens is 288 g/mol. The third-order valence-corrected chi connectivity index (χ3v) is 4.27. The molecule has 0 unspecified atom stereocenters. The zero-order chi connectivity index (χ0) is 14.9. The fourth-order valence-corrected chi connectivity index (χ4v) is 2.61. The average molecular weight is 305 g/mol. The predicted molar refractivity (Wildman–Crippen MR) is 81.3 cm³/mol. The predicted octanol–water partition coefficient (Wildman–Crippen LogP) is 2.85. The summed E-state index contributed by atoms with van der Waals surface area (Å²) < 4.78 is 5.18. The maximum absolute atomic E-state index is 12.1. The highest BCUT2D eigenvalue weighted by Crippen LogP contribution is 2.47. The molecule has 3 N–H and O–H groups in total. The number of furan rings is 1. The van der Waals surface area contributed by atoms with E-state index in [4.69, 9.17) is 21.8 Å². The summed E-state index contributed by atoms with van der Waals surface area (Å²) in [6.07, 6.45) is 3.60. The molecule has 0 bridgehead atoms. The molecule has 1 fully saturated rings. The number of hydrogen-bond donors (Lipinski definition) is 2. The van der Waals surface area contributed by atoms with Gasteiger partial charge in [-0.25, -0.2) is 0 Å². The number of hydrogen-bond acceptors (Lipinski definition) is 3. The zero-order valence-electron chi connectivity index (χ0n) is 11.6. The van der Waals surface area contributed by atoms with Crippen molar-refractivity contribution < 1.29 is 9.21 Å². The van der Waals surface area contributed by atoms with Crippen LogP contribution in [0.5, 0.6) is 0 Å². The molecular formula is C16H17ClN2O2. The number of nitrogens with two attached hydrogens (primary N) is 1. The topological polar surface area (TPSA) is 68.3 Å². The van der Waals surface area contributed by atoms with Crippen molar-refractivity contribution in [2.75, 3.05) is 6.54 Å². The number of amides is 1. The number of nitrogens with one attached hydrogen (secondary N) is 1. The first-order valence-corrected chi connectivity index (χ1v) is 7.32. The zero-order valence-corrected chi connectivity index (χ0v) is 12.3. The van der Waals surface area contributed by atoms with Crippen molar-refractivity contribution in [1.29, 1.82) is 0 Å². The van der Waals surface area contributed by atoms with E-state index in [9.17, 15) is 4.79 Å². The minimum atomic E-state index is -0.126. The van der Waals surface area contributed by atoms with Gasteiger partial charge in [0.05, 0.1) is 12.1 Å². The molecule has 4 nitrogen and oxygen atoms in total. The van der Waals surface area contributed by atoms with E-state index >= 15 is 0 Å². The van der Waals surface area contributed by atoms with Crippen LogP contribution in [0.3, 0.4) is 0 Å². The van der Waals surface area contributed by atoms with E-state index in [1.807, 2.05) is 24.3 Å². The summed E-state index contributed by atoms with van der Waals surface area (Å²) in [4.78, 5) is 12.1. The maximum Gasteiger partial charge on any atom is 0.254 e. The molecule has 1 amide bonds. The molecule has 110 valence electrons. The highest BCUT2D eigenvalue weighted by atomic mass is 35.5. The monoisotopic (exact) mass is 304 g/mol. The van der Waals surface area contributed by atoms with Gasteiger partial charge in [0.1, 0.15) is 12.0 Å². The van der Waals surface area contributed by atoms with Crippen molar-refractivity contribution in [3.05, 3.63) is 58.5 Å². The van der Waals surface area contributed by atoms with Gasteiger partial charge >= 0.3 is 0 Å². The smallest absolute Gasteiger partial charge is 0.254 e. The fraction of sp³-hybridized carbons (Fsp3) is 0.312. The second-order valence-electron chi connectivity index (χ2n) is 5.48. The Morgan fingerprint density at radius 1 is 1.33 bits per heavy atom. The second kappa shape index (κ2) is 5.54. The Kier molecular flexibility index (Phi) is 3.74. The van der Waals surface area contributed by atoms with Crippen LogP contribution in [0.25, 0.3) is 0 Å². The van der Waals surface area contributed by atoms with Gasteiger partial charge in [-0.15, -0.1) is 0 Å². The SMILES string of the molecule is NCc1cc(C(=O)NCC2(c3ccc(Cl)cc3)CC2)co1. The minimum absolute atomic E-state index is 0.0562. The number of halogens is 1. The largest absolute Gasteiger partial charge is 0.467 e. The molecule has 0 atom stereocenters. The Labute approximate surface area is 128 Å². The molecule has 0 spiro atoms. The summed E-state index contributed by atoms with van der Waals surface area (Å²) in [5.74, 6) is 0.484. The van der Waals surface area contributed by atoms with Crippen LogP contribution in [0.15, 0.2) is 41.0 Å². The highest BCUT2D eigenvalue weighted by molar-refractivity contribution is 6.30. The van der Waals surface area contributed by atoms with Gasteiger partial charge < -0.3 is 15.5 Å². The average Bonchev–Trinajstić information content (AvgIpc) is 3.13. The van der Waals surface area contributed by atoms with Gasteiger partial charge in [0.2, 0.25) is 0 Å². The van der Waals surface area contributed by atoms with E-state index in [1.165, 1.54) is 11.8 Å². The van der Waals surface area contributed by atoms with Crippen LogP contribution in [0.1, 0.15) is 34.5 Å². The van der Waals surface area contributed by atoms with Crippen molar-refractivity contribution in [3.8, 4) is 0 Å². The number of rotatable bonds is 5.